The van der Waals surface area contributed by atoms with Gasteiger partial charge in [0.15, 0.2) is 0 Å². The van der Waals surface area contributed by atoms with Crippen LogP contribution >= 0.6 is 11.6 Å². The highest BCUT2D eigenvalue weighted by Gasteiger charge is 2.19. The third-order valence-corrected chi connectivity index (χ3v) is 4.88. The number of pyridine rings is 1. The third-order valence-electron chi connectivity index (χ3n) is 4.63. The second-order valence-corrected chi connectivity index (χ2v) is 7.07. The number of halogens is 1. The molecule has 3 aromatic rings. The van der Waals surface area contributed by atoms with Gasteiger partial charge in [0.2, 0.25) is 5.91 Å². The predicted molar refractivity (Wildman–Crippen MR) is 106 cm³/mol. The summed E-state index contributed by atoms with van der Waals surface area (Å²) in [4.78, 5) is 18.6. The van der Waals surface area contributed by atoms with E-state index in [9.17, 15) is 4.79 Å². The number of fused-ring (bicyclic) bond motifs is 1. The smallest absolute Gasteiger partial charge is 0.221 e. The van der Waals surface area contributed by atoms with Crippen molar-refractivity contribution in [3.05, 3.63) is 53.3 Å². The first-order chi connectivity index (χ1) is 13.1. The molecule has 3 heterocycles. The first kappa shape index (κ1) is 18.0. The minimum atomic E-state index is -0.0953. The molecule has 1 aliphatic heterocycles. The molecule has 27 heavy (non-hydrogen) atoms. The highest BCUT2D eigenvalue weighted by molar-refractivity contribution is 6.30. The molecule has 1 fully saturated rings. The first-order valence-corrected chi connectivity index (χ1v) is 9.32. The van der Waals surface area contributed by atoms with Crippen molar-refractivity contribution in [3.63, 3.8) is 0 Å². The lowest BCUT2D eigenvalue weighted by atomic mass is 10.1. The number of aromatic nitrogens is 2. The van der Waals surface area contributed by atoms with Crippen LogP contribution in [0.2, 0.25) is 5.02 Å². The lowest BCUT2D eigenvalue weighted by molar-refractivity contribution is -0.114. The number of amides is 1. The van der Waals surface area contributed by atoms with Crippen LogP contribution in [0.5, 0.6) is 0 Å². The SMILES string of the molecule is CC(=O)Nc1ccc2nc(-c3ccc(Cl)cc3)c(CN3CCOCC3)n2c1. The summed E-state index contributed by atoms with van der Waals surface area (Å²) in [6, 6.07) is 11.5. The Bertz CT molecular complexity index is 962. The lowest BCUT2D eigenvalue weighted by Crippen LogP contribution is -2.36. The summed E-state index contributed by atoms with van der Waals surface area (Å²) in [7, 11) is 0. The molecule has 0 radical (unpaired) electrons. The van der Waals surface area contributed by atoms with Gasteiger partial charge in [0.25, 0.3) is 0 Å². The lowest BCUT2D eigenvalue weighted by Gasteiger charge is -2.26. The molecule has 6 nitrogen and oxygen atoms in total. The summed E-state index contributed by atoms with van der Waals surface area (Å²) in [5.41, 5.74) is 4.63. The van der Waals surface area contributed by atoms with Gasteiger partial charge in [-0.2, -0.15) is 0 Å². The van der Waals surface area contributed by atoms with Crippen molar-refractivity contribution in [2.75, 3.05) is 31.6 Å². The predicted octanol–water partition coefficient (Wildman–Crippen LogP) is 3.45. The Balaban J connectivity index is 1.80. The minimum absolute atomic E-state index is 0.0953. The molecule has 1 aliphatic rings. The Morgan fingerprint density at radius 1 is 1.19 bits per heavy atom. The van der Waals surface area contributed by atoms with Crippen molar-refractivity contribution in [2.45, 2.75) is 13.5 Å². The average molecular weight is 385 g/mol. The van der Waals surface area contributed by atoms with E-state index in [1.165, 1.54) is 6.92 Å². The van der Waals surface area contributed by atoms with Gasteiger partial charge in [-0.05, 0) is 24.3 Å². The number of benzene rings is 1. The highest BCUT2D eigenvalue weighted by Crippen LogP contribution is 2.28. The number of rotatable bonds is 4. The molecule has 1 saturated heterocycles. The van der Waals surface area contributed by atoms with Gasteiger partial charge in [-0.25, -0.2) is 4.98 Å². The van der Waals surface area contributed by atoms with Crippen LogP contribution in [0.4, 0.5) is 5.69 Å². The van der Waals surface area contributed by atoms with Crippen molar-refractivity contribution in [3.8, 4) is 11.3 Å². The summed E-state index contributed by atoms with van der Waals surface area (Å²) in [5, 5.41) is 3.54. The van der Waals surface area contributed by atoms with E-state index >= 15 is 0 Å². The largest absolute Gasteiger partial charge is 0.379 e. The number of carbonyl (C=O) groups excluding carboxylic acids is 1. The van der Waals surface area contributed by atoms with Crippen molar-refractivity contribution in [1.82, 2.24) is 14.3 Å². The van der Waals surface area contributed by atoms with Gasteiger partial charge in [0, 0.05) is 43.3 Å². The third kappa shape index (κ3) is 3.98. The zero-order valence-corrected chi connectivity index (χ0v) is 15.9. The zero-order valence-electron chi connectivity index (χ0n) is 15.1. The Morgan fingerprint density at radius 2 is 1.93 bits per heavy atom. The number of nitrogens with one attached hydrogen (secondary N) is 1. The average Bonchev–Trinajstić information content (AvgIpc) is 3.01. The molecule has 0 unspecified atom stereocenters. The number of ether oxygens (including phenoxy) is 1. The molecule has 140 valence electrons. The molecular formula is C20H21ClN4O2. The Kier molecular flexibility index (Phi) is 5.11. The molecular weight excluding hydrogens is 364 g/mol. The molecule has 0 saturated carbocycles. The Morgan fingerprint density at radius 3 is 2.63 bits per heavy atom. The summed E-state index contributed by atoms with van der Waals surface area (Å²) in [6.07, 6.45) is 1.93. The minimum Gasteiger partial charge on any atom is -0.379 e. The van der Waals surface area contributed by atoms with Gasteiger partial charge in [0.05, 0.1) is 30.3 Å². The van der Waals surface area contributed by atoms with Gasteiger partial charge >= 0.3 is 0 Å². The van der Waals surface area contributed by atoms with Gasteiger partial charge in [0.1, 0.15) is 5.65 Å². The quantitative estimate of drug-likeness (QED) is 0.748. The number of hydrogen-bond acceptors (Lipinski definition) is 4. The molecule has 1 amide bonds. The van der Waals surface area contributed by atoms with E-state index in [1.807, 2.05) is 42.6 Å². The van der Waals surface area contributed by atoms with Gasteiger partial charge in [-0.1, -0.05) is 23.7 Å². The van der Waals surface area contributed by atoms with Crippen LogP contribution in [0.25, 0.3) is 16.9 Å². The van der Waals surface area contributed by atoms with E-state index in [0.29, 0.717) is 5.02 Å². The highest BCUT2D eigenvalue weighted by atomic mass is 35.5. The molecule has 0 aliphatic carbocycles. The summed E-state index contributed by atoms with van der Waals surface area (Å²) in [6.45, 7) is 5.52. The molecule has 4 rings (SSSR count). The monoisotopic (exact) mass is 384 g/mol. The van der Waals surface area contributed by atoms with Crippen LogP contribution in [-0.4, -0.2) is 46.5 Å². The van der Waals surface area contributed by atoms with Crippen molar-refractivity contribution in [1.29, 1.82) is 0 Å². The van der Waals surface area contributed by atoms with Crippen molar-refractivity contribution < 1.29 is 9.53 Å². The summed E-state index contributed by atoms with van der Waals surface area (Å²) < 4.78 is 7.53. The first-order valence-electron chi connectivity index (χ1n) is 8.95. The molecule has 0 spiro atoms. The van der Waals surface area contributed by atoms with Crippen LogP contribution in [0.3, 0.4) is 0 Å². The van der Waals surface area contributed by atoms with Crippen LogP contribution < -0.4 is 5.32 Å². The van der Waals surface area contributed by atoms with Gasteiger partial charge in [-0.15, -0.1) is 0 Å². The molecule has 0 atom stereocenters. The standard InChI is InChI=1S/C20H21ClN4O2/c1-14(26)22-17-6-7-19-23-20(15-2-4-16(21)5-3-15)18(25(19)12-17)13-24-8-10-27-11-9-24/h2-7,12H,8-11,13H2,1H3,(H,22,26). The fraction of sp³-hybridized carbons (Fsp3) is 0.300. The number of morpholine rings is 1. The maximum atomic E-state index is 11.4. The molecule has 0 bridgehead atoms. The van der Waals surface area contributed by atoms with E-state index in [2.05, 4.69) is 14.6 Å². The van der Waals surface area contributed by atoms with Crippen LogP contribution in [0, 0.1) is 0 Å². The fourth-order valence-electron chi connectivity index (χ4n) is 3.33. The van der Waals surface area contributed by atoms with Crippen LogP contribution in [0.15, 0.2) is 42.6 Å². The molecule has 1 aromatic carbocycles. The van der Waals surface area contributed by atoms with Crippen LogP contribution in [0.1, 0.15) is 12.6 Å². The molecule has 1 N–H and O–H groups in total. The van der Waals surface area contributed by atoms with E-state index in [0.717, 1.165) is 61.1 Å². The second kappa shape index (κ2) is 7.68. The number of nitrogens with zero attached hydrogens (tertiary/aromatic N) is 3. The number of imidazole rings is 1. The molecule has 7 heteroatoms. The van der Waals surface area contributed by atoms with E-state index in [4.69, 9.17) is 21.3 Å². The fourth-order valence-corrected chi connectivity index (χ4v) is 3.46. The maximum Gasteiger partial charge on any atom is 0.221 e. The number of anilines is 1. The summed E-state index contributed by atoms with van der Waals surface area (Å²) >= 11 is 6.05. The normalized spacial score (nSPS) is 15.2. The van der Waals surface area contributed by atoms with Crippen molar-refractivity contribution >= 4 is 28.8 Å². The van der Waals surface area contributed by atoms with Gasteiger partial charge < -0.3 is 14.5 Å². The maximum absolute atomic E-state index is 11.4. The van der Waals surface area contributed by atoms with Crippen molar-refractivity contribution in [2.24, 2.45) is 0 Å². The molecule has 2 aromatic heterocycles. The van der Waals surface area contributed by atoms with Gasteiger partial charge in [-0.3, -0.25) is 9.69 Å². The van der Waals surface area contributed by atoms with Crippen LogP contribution in [-0.2, 0) is 16.1 Å². The Labute approximate surface area is 162 Å². The topological polar surface area (TPSA) is 58.9 Å². The zero-order chi connectivity index (χ0) is 18.8. The second-order valence-electron chi connectivity index (χ2n) is 6.63. The summed E-state index contributed by atoms with van der Waals surface area (Å²) in [5.74, 6) is -0.0953. The Hall–Kier alpha value is -2.41. The van der Waals surface area contributed by atoms with E-state index in [-0.39, 0.29) is 5.91 Å². The number of carbonyl (C=O) groups is 1. The number of hydrogen-bond donors (Lipinski definition) is 1. The van der Waals surface area contributed by atoms with E-state index in [1.54, 1.807) is 0 Å². The van der Waals surface area contributed by atoms with E-state index < -0.39 is 0 Å².